The van der Waals surface area contributed by atoms with E-state index < -0.39 is 0 Å². The molecule has 0 fully saturated rings. The molecular formula is C37H24. The number of hydrogen-bond donors (Lipinski definition) is 0. The van der Waals surface area contributed by atoms with Gasteiger partial charge in [0.2, 0.25) is 0 Å². The molecule has 172 valence electrons. The van der Waals surface area contributed by atoms with Crippen LogP contribution in [-0.4, -0.2) is 0 Å². The lowest BCUT2D eigenvalue weighted by molar-refractivity contribution is 1.26. The first-order valence-electron chi connectivity index (χ1n) is 13.0. The van der Waals surface area contributed by atoms with Gasteiger partial charge >= 0.3 is 0 Å². The quantitative estimate of drug-likeness (QED) is 0.221. The summed E-state index contributed by atoms with van der Waals surface area (Å²) in [7, 11) is 0. The van der Waals surface area contributed by atoms with Gasteiger partial charge in [0, 0.05) is 0 Å². The third-order valence-corrected chi connectivity index (χ3v) is 8.10. The number of hydrogen-bond acceptors (Lipinski definition) is 0. The van der Waals surface area contributed by atoms with Crippen LogP contribution in [0.4, 0.5) is 0 Å². The van der Waals surface area contributed by atoms with Crippen LogP contribution in [0, 0.1) is 0 Å². The number of fused-ring (bicyclic) bond motifs is 9. The predicted octanol–water partition coefficient (Wildman–Crippen LogP) is 10.1. The third-order valence-electron chi connectivity index (χ3n) is 8.10. The van der Waals surface area contributed by atoms with Crippen molar-refractivity contribution >= 4 is 32.3 Å². The molecule has 0 saturated carbocycles. The van der Waals surface area contributed by atoms with Gasteiger partial charge in [0.15, 0.2) is 0 Å². The van der Waals surface area contributed by atoms with Crippen LogP contribution in [0.3, 0.4) is 0 Å². The van der Waals surface area contributed by atoms with Gasteiger partial charge in [-0.1, -0.05) is 127 Å². The van der Waals surface area contributed by atoms with E-state index in [4.69, 9.17) is 0 Å². The van der Waals surface area contributed by atoms with Crippen molar-refractivity contribution in [3.8, 4) is 33.4 Å². The largest absolute Gasteiger partial charge is 0.0622 e. The Hall–Kier alpha value is -4.68. The summed E-state index contributed by atoms with van der Waals surface area (Å²) in [5, 5.41) is 7.91. The molecule has 0 spiro atoms. The van der Waals surface area contributed by atoms with Gasteiger partial charge < -0.3 is 0 Å². The fraction of sp³-hybridized carbons (Fsp3) is 0.0270. The molecule has 7 aromatic rings. The van der Waals surface area contributed by atoms with Gasteiger partial charge in [-0.3, -0.25) is 0 Å². The zero-order valence-corrected chi connectivity index (χ0v) is 20.4. The highest BCUT2D eigenvalue weighted by Crippen LogP contribution is 2.47. The molecule has 0 unspecified atom stereocenters. The van der Waals surface area contributed by atoms with Gasteiger partial charge in [0.1, 0.15) is 0 Å². The zero-order chi connectivity index (χ0) is 24.3. The third kappa shape index (κ3) is 3.03. The summed E-state index contributed by atoms with van der Waals surface area (Å²) in [6.45, 7) is 0. The van der Waals surface area contributed by atoms with Crippen LogP contribution >= 0.6 is 0 Å². The first-order valence-corrected chi connectivity index (χ1v) is 13.0. The summed E-state index contributed by atoms with van der Waals surface area (Å²) in [4.78, 5) is 0. The molecule has 0 saturated heterocycles. The van der Waals surface area contributed by atoms with Crippen LogP contribution in [0.15, 0.2) is 133 Å². The molecule has 1 aliphatic carbocycles. The van der Waals surface area contributed by atoms with E-state index in [0.717, 1.165) is 6.42 Å². The standard InChI is InChI=1S/C37H24/c1-2-10-24(11-3-1)27-17-9-19-34-35(27)23-26-12-8-18-28(37(26)34)25-20-21-33-31-15-5-4-13-29(31)30-14-6-7-16-32(30)36(33)22-25/h1-22H,23H2. The van der Waals surface area contributed by atoms with Crippen molar-refractivity contribution in [1.29, 1.82) is 0 Å². The molecule has 0 radical (unpaired) electrons. The zero-order valence-electron chi connectivity index (χ0n) is 20.4. The highest BCUT2D eigenvalue weighted by molar-refractivity contribution is 6.25. The Kier molecular flexibility index (Phi) is 4.39. The number of benzene rings is 7. The molecule has 0 N–H and O–H groups in total. The molecular weight excluding hydrogens is 444 g/mol. The number of rotatable bonds is 2. The second-order valence-corrected chi connectivity index (χ2v) is 10.1. The maximum atomic E-state index is 2.42. The Morgan fingerprint density at radius 2 is 0.919 bits per heavy atom. The summed E-state index contributed by atoms with van der Waals surface area (Å²) < 4.78 is 0. The molecule has 7 aromatic carbocycles. The fourth-order valence-electron chi connectivity index (χ4n) is 6.47. The van der Waals surface area contributed by atoms with Crippen molar-refractivity contribution in [1.82, 2.24) is 0 Å². The summed E-state index contributed by atoms with van der Waals surface area (Å²) in [6, 6.07) is 49.1. The van der Waals surface area contributed by atoms with Crippen LogP contribution in [0.1, 0.15) is 11.1 Å². The Balaban J connectivity index is 1.38. The van der Waals surface area contributed by atoms with Crippen LogP contribution in [0.25, 0.3) is 65.7 Å². The minimum Gasteiger partial charge on any atom is -0.0622 e. The van der Waals surface area contributed by atoms with Crippen LogP contribution in [0.5, 0.6) is 0 Å². The van der Waals surface area contributed by atoms with E-state index in [1.807, 2.05) is 0 Å². The topological polar surface area (TPSA) is 0 Å². The van der Waals surface area contributed by atoms with E-state index in [0.29, 0.717) is 0 Å². The van der Waals surface area contributed by atoms with Gasteiger partial charge in [-0.2, -0.15) is 0 Å². The summed E-state index contributed by atoms with van der Waals surface area (Å²) in [6.07, 6.45) is 0.977. The van der Waals surface area contributed by atoms with Crippen molar-refractivity contribution in [3.63, 3.8) is 0 Å². The molecule has 37 heavy (non-hydrogen) atoms. The molecule has 0 amide bonds. The van der Waals surface area contributed by atoms with Gasteiger partial charge in [0.25, 0.3) is 0 Å². The first kappa shape index (κ1) is 20.5. The highest BCUT2D eigenvalue weighted by Gasteiger charge is 2.24. The lowest BCUT2D eigenvalue weighted by Crippen LogP contribution is -1.88. The van der Waals surface area contributed by atoms with E-state index in [9.17, 15) is 0 Å². The molecule has 0 bridgehead atoms. The average molecular weight is 469 g/mol. The van der Waals surface area contributed by atoms with E-state index in [-0.39, 0.29) is 0 Å². The normalized spacial score (nSPS) is 12.2. The molecule has 0 aliphatic heterocycles. The maximum absolute atomic E-state index is 2.42. The van der Waals surface area contributed by atoms with Crippen molar-refractivity contribution in [2.45, 2.75) is 6.42 Å². The predicted molar refractivity (Wildman–Crippen MR) is 158 cm³/mol. The SMILES string of the molecule is c1ccc(-c2cccc3c2Cc2cccc(-c4ccc5c6ccccc6c6ccccc6c5c4)c2-3)cc1. The molecule has 0 atom stereocenters. The van der Waals surface area contributed by atoms with Gasteiger partial charge in [-0.05, 0) is 89.3 Å². The Labute approximate surface area is 216 Å². The first-order chi connectivity index (χ1) is 18.4. The maximum Gasteiger partial charge on any atom is -0.000706 e. The second-order valence-electron chi connectivity index (χ2n) is 10.1. The molecule has 0 nitrogen and oxygen atoms in total. The van der Waals surface area contributed by atoms with Gasteiger partial charge in [-0.15, -0.1) is 0 Å². The average Bonchev–Trinajstić information content (AvgIpc) is 3.37. The van der Waals surface area contributed by atoms with E-state index >= 15 is 0 Å². The highest BCUT2D eigenvalue weighted by atomic mass is 14.3. The van der Waals surface area contributed by atoms with E-state index in [2.05, 4.69) is 133 Å². The summed E-state index contributed by atoms with van der Waals surface area (Å²) >= 11 is 0. The van der Waals surface area contributed by atoms with Crippen LogP contribution in [-0.2, 0) is 6.42 Å². The van der Waals surface area contributed by atoms with E-state index in [1.54, 1.807) is 0 Å². The minimum absolute atomic E-state index is 0.977. The summed E-state index contributed by atoms with van der Waals surface area (Å²) in [5.74, 6) is 0. The van der Waals surface area contributed by atoms with Gasteiger partial charge in [-0.25, -0.2) is 0 Å². The van der Waals surface area contributed by atoms with Crippen molar-refractivity contribution in [3.05, 3.63) is 145 Å². The molecule has 8 rings (SSSR count). The van der Waals surface area contributed by atoms with Crippen molar-refractivity contribution < 1.29 is 0 Å². The Morgan fingerprint density at radius 1 is 0.351 bits per heavy atom. The molecule has 1 aliphatic rings. The monoisotopic (exact) mass is 468 g/mol. The fourth-order valence-corrected chi connectivity index (χ4v) is 6.47. The van der Waals surface area contributed by atoms with Crippen molar-refractivity contribution in [2.75, 3.05) is 0 Å². The molecule has 0 heteroatoms. The van der Waals surface area contributed by atoms with E-state index in [1.165, 1.54) is 76.8 Å². The molecule has 0 aromatic heterocycles. The summed E-state index contributed by atoms with van der Waals surface area (Å²) in [5.41, 5.74) is 10.8. The van der Waals surface area contributed by atoms with Crippen molar-refractivity contribution in [2.24, 2.45) is 0 Å². The molecule has 0 heterocycles. The van der Waals surface area contributed by atoms with Crippen LogP contribution < -0.4 is 0 Å². The Bertz CT molecular complexity index is 1960. The minimum atomic E-state index is 0.977. The second kappa shape index (κ2) is 7.91. The van der Waals surface area contributed by atoms with Crippen LogP contribution in [0.2, 0.25) is 0 Å². The Morgan fingerprint density at radius 3 is 1.65 bits per heavy atom. The smallest absolute Gasteiger partial charge is 0.000706 e. The lowest BCUT2D eigenvalue weighted by Gasteiger charge is -2.14. The van der Waals surface area contributed by atoms with Gasteiger partial charge in [0.05, 0.1) is 0 Å². The lowest BCUT2D eigenvalue weighted by atomic mass is 9.89.